The number of carbonyl (C=O) groups excluding carboxylic acids is 3. The van der Waals surface area contributed by atoms with Crippen molar-refractivity contribution in [1.82, 2.24) is 25.4 Å². The maximum atomic E-state index is 13.6. The maximum absolute atomic E-state index is 13.6. The number of ether oxygens (including phenoxy) is 1. The van der Waals surface area contributed by atoms with Gasteiger partial charge in [0.05, 0.1) is 22.1 Å². The van der Waals surface area contributed by atoms with Gasteiger partial charge < -0.3 is 15.0 Å². The van der Waals surface area contributed by atoms with Crippen molar-refractivity contribution < 1.29 is 19.1 Å². The SMILES string of the molecule is Cc1cc(-c2cnc(C(=O)N[C@H](C(=O)N3C[C@H](Cl)[C@H]4OCC(=O)[C@H]43)C3CCCC3)s2)cnn1. The number of halogens is 1. The van der Waals surface area contributed by atoms with Gasteiger partial charge in [-0.15, -0.1) is 22.9 Å². The first-order valence-corrected chi connectivity index (χ1v) is 12.3. The molecule has 1 N–H and O–H groups in total. The van der Waals surface area contributed by atoms with Gasteiger partial charge in [-0.3, -0.25) is 14.4 Å². The first kappa shape index (κ1) is 22.4. The number of nitrogens with zero attached hydrogens (tertiary/aromatic N) is 4. The molecule has 0 aromatic carbocycles. The summed E-state index contributed by atoms with van der Waals surface area (Å²) >= 11 is 7.62. The molecule has 5 rings (SSSR count). The first-order chi connectivity index (χ1) is 15.9. The fourth-order valence-corrected chi connectivity index (χ4v) is 6.16. The van der Waals surface area contributed by atoms with E-state index in [0.29, 0.717) is 0 Å². The maximum Gasteiger partial charge on any atom is 0.280 e. The summed E-state index contributed by atoms with van der Waals surface area (Å²) in [5, 5.41) is 10.7. The van der Waals surface area contributed by atoms with Crippen LogP contribution in [-0.2, 0) is 14.3 Å². The highest BCUT2D eigenvalue weighted by Gasteiger charge is 2.53. The first-order valence-electron chi connectivity index (χ1n) is 11.1. The van der Waals surface area contributed by atoms with Crippen molar-refractivity contribution >= 4 is 40.5 Å². The van der Waals surface area contributed by atoms with Crippen LogP contribution in [0.15, 0.2) is 18.5 Å². The summed E-state index contributed by atoms with van der Waals surface area (Å²) in [6.07, 6.45) is 6.47. The van der Waals surface area contributed by atoms with Gasteiger partial charge in [-0.25, -0.2) is 4.98 Å². The minimum atomic E-state index is -0.729. The highest BCUT2D eigenvalue weighted by Crippen LogP contribution is 2.34. The molecule has 2 aliphatic heterocycles. The standard InChI is InChI=1S/C22H24ClN5O4S/c1-11-6-13(7-25-27-11)16-8-24-21(33-16)20(30)26-17(12-4-2-3-5-12)22(31)28-9-14(23)19-18(28)15(29)10-32-19/h6-8,12,14,17-19H,2-5,9-10H2,1H3,(H,26,30)/t14-,17-,18+,19+/m0/s1. The molecule has 3 aliphatic rings. The number of hydrogen-bond acceptors (Lipinski definition) is 8. The third-order valence-electron chi connectivity index (χ3n) is 6.59. The Morgan fingerprint density at radius 2 is 2.09 bits per heavy atom. The van der Waals surface area contributed by atoms with Gasteiger partial charge in [-0.1, -0.05) is 12.8 Å². The second kappa shape index (κ2) is 9.08. The minimum Gasteiger partial charge on any atom is -0.366 e. The van der Waals surface area contributed by atoms with E-state index in [2.05, 4.69) is 20.5 Å². The molecule has 2 aromatic heterocycles. The Bertz CT molecular complexity index is 1090. The molecule has 2 aromatic rings. The van der Waals surface area contributed by atoms with Crippen molar-refractivity contribution in [3.05, 3.63) is 29.2 Å². The summed E-state index contributed by atoms with van der Waals surface area (Å²) in [5.41, 5.74) is 1.60. The van der Waals surface area contributed by atoms with Crippen LogP contribution in [0.2, 0.25) is 0 Å². The number of ketones is 1. The van der Waals surface area contributed by atoms with Gasteiger partial charge in [0.15, 0.2) is 10.8 Å². The van der Waals surface area contributed by atoms with E-state index in [9.17, 15) is 14.4 Å². The van der Waals surface area contributed by atoms with Crippen LogP contribution in [0.5, 0.6) is 0 Å². The zero-order valence-electron chi connectivity index (χ0n) is 18.1. The predicted molar refractivity (Wildman–Crippen MR) is 121 cm³/mol. The van der Waals surface area contributed by atoms with Gasteiger partial charge >= 0.3 is 0 Å². The summed E-state index contributed by atoms with van der Waals surface area (Å²) < 4.78 is 5.51. The number of aromatic nitrogens is 3. The molecule has 3 fully saturated rings. The largest absolute Gasteiger partial charge is 0.366 e. The van der Waals surface area contributed by atoms with Crippen LogP contribution in [-0.4, -0.2) is 74.4 Å². The van der Waals surface area contributed by atoms with Crippen LogP contribution in [0.1, 0.15) is 41.2 Å². The van der Waals surface area contributed by atoms with Crippen molar-refractivity contribution in [2.24, 2.45) is 5.92 Å². The van der Waals surface area contributed by atoms with E-state index in [1.165, 1.54) is 16.2 Å². The fraction of sp³-hybridized carbons (Fsp3) is 0.545. The van der Waals surface area contributed by atoms with E-state index in [4.69, 9.17) is 16.3 Å². The van der Waals surface area contributed by atoms with Gasteiger partial charge in [-0.05, 0) is 31.7 Å². The molecule has 0 unspecified atom stereocenters. The molecule has 9 nitrogen and oxygen atoms in total. The Morgan fingerprint density at radius 1 is 1.30 bits per heavy atom. The van der Waals surface area contributed by atoms with Crippen LogP contribution in [0.3, 0.4) is 0 Å². The smallest absolute Gasteiger partial charge is 0.280 e. The molecule has 11 heteroatoms. The lowest BCUT2D eigenvalue weighted by molar-refractivity contribution is -0.139. The van der Waals surface area contributed by atoms with Crippen LogP contribution < -0.4 is 5.32 Å². The van der Waals surface area contributed by atoms with Crippen molar-refractivity contribution in [3.63, 3.8) is 0 Å². The average molecular weight is 490 g/mol. The third-order valence-corrected chi connectivity index (χ3v) is 8.02. The molecule has 33 heavy (non-hydrogen) atoms. The van der Waals surface area contributed by atoms with E-state index >= 15 is 0 Å². The van der Waals surface area contributed by atoms with Crippen LogP contribution in [0.4, 0.5) is 0 Å². The summed E-state index contributed by atoms with van der Waals surface area (Å²) in [6, 6.07) is 0.475. The Balaban J connectivity index is 1.36. The van der Waals surface area contributed by atoms with Crippen molar-refractivity contribution in [2.75, 3.05) is 13.2 Å². The molecule has 0 spiro atoms. The normalized spacial score (nSPS) is 25.9. The zero-order chi connectivity index (χ0) is 23.1. The Labute approximate surface area is 199 Å². The van der Waals surface area contributed by atoms with Gasteiger partial charge in [0, 0.05) is 18.3 Å². The highest BCUT2D eigenvalue weighted by molar-refractivity contribution is 7.17. The highest BCUT2D eigenvalue weighted by atomic mass is 35.5. The predicted octanol–water partition coefficient (Wildman–Crippen LogP) is 1.98. The molecule has 0 bridgehead atoms. The van der Waals surface area contributed by atoms with E-state index in [1.54, 1.807) is 12.4 Å². The number of thiazole rings is 1. The van der Waals surface area contributed by atoms with Crippen molar-refractivity contribution in [2.45, 2.75) is 56.2 Å². The lowest BCUT2D eigenvalue weighted by atomic mass is 9.96. The zero-order valence-corrected chi connectivity index (χ0v) is 19.6. The molecular weight excluding hydrogens is 466 g/mol. The van der Waals surface area contributed by atoms with Crippen molar-refractivity contribution in [3.8, 4) is 10.4 Å². The van der Waals surface area contributed by atoms with E-state index in [0.717, 1.165) is 41.8 Å². The van der Waals surface area contributed by atoms with E-state index < -0.39 is 29.5 Å². The topological polar surface area (TPSA) is 114 Å². The number of fused-ring (bicyclic) bond motifs is 1. The summed E-state index contributed by atoms with van der Waals surface area (Å²) in [5.74, 6) is -0.794. The Kier molecular flexibility index (Phi) is 6.15. The monoisotopic (exact) mass is 489 g/mol. The molecule has 1 saturated carbocycles. The molecule has 2 amide bonds. The number of likely N-dealkylation sites (tertiary alicyclic amines) is 1. The quantitative estimate of drug-likeness (QED) is 0.638. The number of hydrogen-bond donors (Lipinski definition) is 1. The lowest BCUT2D eigenvalue weighted by Crippen LogP contribution is -2.54. The van der Waals surface area contributed by atoms with Gasteiger partial charge in [0.2, 0.25) is 5.91 Å². The number of Topliss-reactive ketones (excluding diaryl/α,β-unsaturated/α-hetero) is 1. The van der Waals surface area contributed by atoms with E-state index in [1.807, 2.05) is 13.0 Å². The number of carbonyl (C=O) groups is 3. The van der Waals surface area contributed by atoms with Crippen LogP contribution in [0, 0.1) is 12.8 Å². The molecule has 1 aliphatic carbocycles. The van der Waals surface area contributed by atoms with Crippen LogP contribution in [0.25, 0.3) is 10.4 Å². The molecule has 2 saturated heterocycles. The second-order valence-electron chi connectivity index (χ2n) is 8.80. The number of nitrogens with one attached hydrogen (secondary N) is 1. The van der Waals surface area contributed by atoms with Crippen molar-refractivity contribution in [1.29, 1.82) is 0 Å². The number of rotatable bonds is 5. The Morgan fingerprint density at radius 3 is 2.85 bits per heavy atom. The third kappa shape index (κ3) is 4.27. The number of amides is 2. The minimum absolute atomic E-state index is 0.0122. The second-order valence-corrected chi connectivity index (χ2v) is 10.4. The fourth-order valence-electron chi connectivity index (χ4n) is 5.00. The van der Waals surface area contributed by atoms with Gasteiger partial charge in [-0.2, -0.15) is 10.2 Å². The van der Waals surface area contributed by atoms with Gasteiger partial charge in [0.1, 0.15) is 24.8 Å². The number of aryl methyl sites for hydroxylation is 1. The molecule has 174 valence electrons. The van der Waals surface area contributed by atoms with E-state index in [-0.39, 0.29) is 35.8 Å². The lowest BCUT2D eigenvalue weighted by Gasteiger charge is -2.30. The number of alkyl halides is 1. The average Bonchev–Trinajstić information content (AvgIpc) is 3.59. The molecule has 4 atom stereocenters. The van der Waals surface area contributed by atoms with Crippen LogP contribution >= 0.6 is 22.9 Å². The van der Waals surface area contributed by atoms with Gasteiger partial charge in [0.25, 0.3) is 5.91 Å². The molecule has 4 heterocycles. The molecule has 0 radical (unpaired) electrons. The summed E-state index contributed by atoms with van der Waals surface area (Å²) in [4.78, 5) is 45.7. The summed E-state index contributed by atoms with van der Waals surface area (Å²) in [6.45, 7) is 2.04. The Hall–Kier alpha value is -2.43. The summed E-state index contributed by atoms with van der Waals surface area (Å²) in [7, 11) is 0. The molecular formula is C22H24ClN5O4S.